The van der Waals surface area contributed by atoms with Crippen molar-refractivity contribution in [2.24, 2.45) is 0 Å². The number of hydrogen-bond acceptors (Lipinski definition) is 4. The van der Waals surface area contributed by atoms with E-state index in [1.54, 1.807) is 6.20 Å². The fourth-order valence-electron chi connectivity index (χ4n) is 1.99. The average Bonchev–Trinajstić information content (AvgIpc) is 2.47. The number of aromatic nitrogens is 1. The molecule has 16 heavy (non-hydrogen) atoms. The van der Waals surface area contributed by atoms with Crippen LogP contribution in [-0.2, 0) is 0 Å². The largest absolute Gasteiger partial charge is 0.473 e. The Balaban J connectivity index is 1.96. The molecule has 1 atom stereocenters. The first-order valence-electron chi connectivity index (χ1n) is 5.81. The number of likely N-dealkylation sites (tertiary alicyclic amines) is 1. The fraction of sp³-hybridized carbons (Fsp3) is 0.583. The van der Waals surface area contributed by atoms with Crippen molar-refractivity contribution in [3.63, 3.8) is 0 Å². The van der Waals surface area contributed by atoms with Crippen LogP contribution < -0.4 is 10.5 Å². The van der Waals surface area contributed by atoms with E-state index in [0.29, 0.717) is 11.6 Å². The first-order valence-corrected chi connectivity index (χ1v) is 5.81. The van der Waals surface area contributed by atoms with Gasteiger partial charge in [-0.25, -0.2) is 4.98 Å². The van der Waals surface area contributed by atoms with Crippen LogP contribution in [0.15, 0.2) is 18.3 Å². The van der Waals surface area contributed by atoms with Gasteiger partial charge in [0.05, 0.1) is 5.69 Å². The summed E-state index contributed by atoms with van der Waals surface area (Å²) in [5.41, 5.74) is 6.43. The van der Waals surface area contributed by atoms with Crippen LogP contribution in [0.1, 0.15) is 19.3 Å². The monoisotopic (exact) mass is 221 g/mol. The average molecular weight is 221 g/mol. The maximum Gasteiger partial charge on any atom is 0.237 e. The van der Waals surface area contributed by atoms with E-state index >= 15 is 0 Å². The lowest BCUT2D eigenvalue weighted by molar-refractivity contribution is 0.177. The first-order chi connectivity index (χ1) is 7.75. The second-order valence-corrected chi connectivity index (χ2v) is 4.37. The van der Waals surface area contributed by atoms with Crippen molar-refractivity contribution in [3.05, 3.63) is 18.3 Å². The van der Waals surface area contributed by atoms with Crippen molar-refractivity contribution < 1.29 is 4.74 Å². The smallest absolute Gasteiger partial charge is 0.237 e. The van der Waals surface area contributed by atoms with Gasteiger partial charge in [-0.05, 0) is 45.0 Å². The number of nitrogens with two attached hydrogens (primary N) is 1. The molecule has 2 rings (SSSR count). The van der Waals surface area contributed by atoms with Gasteiger partial charge in [-0.15, -0.1) is 0 Å². The molecule has 1 saturated heterocycles. The molecule has 1 fully saturated rings. The molecule has 0 spiro atoms. The lowest BCUT2D eigenvalue weighted by Gasteiger charge is -2.17. The zero-order valence-electron chi connectivity index (χ0n) is 9.72. The van der Waals surface area contributed by atoms with Crippen molar-refractivity contribution in [1.29, 1.82) is 0 Å². The second-order valence-electron chi connectivity index (χ2n) is 4.37. The van der Waals surface area contributed by atoms with Gasteiger partial charge < -0.3 is 15.4 Å². The van der Waals surface area contributed by atoms with Crippen LogP contribution in [0.2, 0.25) is 0 Å². The first kappa shape index (κ1) is 11.2. The highest BCUT2D eigenvalue weighted by Gasteiger charge is 2.17. The molecule has 4 heteroatoms. The summed E-state index contributed by atoms with van der Waals surface area (Å²) in [6.07, 6.45) is 5.28. The van der Waals surface area contributed by atoms with Crippen LogP contribution in [0.25, 0.3) is 0 Å². The minimum atomic E-state index is 0.252. The lowest BCUT2D eigenvalue weighted by Crippen LogP contribution is -2.22. The third kappa shape index (κ3) is 2.85. The van der Waals surface area contributed by atoms with Gasteiger partial charge in [-0.2, -0.15) is 0 Å². The highest BCUT2D eigenvalue weighted by molar-refractivity contribution is 5.46. The van der Waals surface area contributed by atoms with Gasteiger partial charge in [-0.1, -0.05) is 0 Å². The molecular formula is C12H19N3O. The third-order valence-electron chi connectivity index (χ3n) is 2.98. The molecule has 2 N–H and O–H groups in total. The molecule has 0 aliphatic carbocycles. The van der Waals surface area contributed by atoms with E-state index in [1.807, 2.05) is 12.1 Å². The topological polar surface area (TPSA) is 51.4 Å². The van der Waals surface area contributed by atoms with E-state index in [0.717, 1.165) is 25.9 Å². The molecule has 1 unspecified atom stereocenters. The highest BCUT2D eigenvalue weighted by Crippen LogP contribution is 2.21. The Morgan fingerprint density at radius 1 is 1.44 bits per heavy atom. The predicted molar refractivity (Wildman–Crippen MR) is 64.4 cm³/mol. The summed E-state index contributed by atoms with van der Waals surface area (Å²) in [5, 5.41) is 0. The van der Waals surface area contributed by atoms with E-state index in [-0.39, 0.29) is 6.10 Å². The molecule has 0 saturated carbocycles. The van der Waals surface area contributed by atoms with E-state index < -0.39 is 0 Å². The molecule has 1 aromatic rings. The Kier molecular flexibility index (Phi) is 3.62. The molecule has 1 aliphatic heterocycles. The standard InChI is InChI=1S/C12H19N3O/c1-15-8-3-4-10(6-9-15)16-12-11(13)5-2-7-14-12/h2,5,7,10H,3-4,6,8-9,13H2,1H3. The van der Waals surface area contributed by atoms with Crippen LogP contribution in [0.4, 0.5) is 5.69 Å². The molecule has 2 heterocycles. The lowest BCUT2D eigenvalue weighted by atomic mass is 10.1. The number of ether oxygens (including phenoxy) is 1. The maximum absolute atomic E-state index is 5.85. The molecule has 0 bridgehead atoms. The van der Waals surface area contributed by atoms with E-state index in [9.17, 15) is 0 Å². The van der Waals surface area contributed by atoms with Crippen LogP contribution in [0.5, 0.6) is 5.88 Å². The summed E-state index contributed by atoms with van der Waals surface area (Å²) in [7, 11) is 2.15. The van der Waals surface area contributed by atoms with Gasteiger partial charge in [0.25, 0.3) is 0 Å². The van der Waals surface area contributed by atoms with Gasteiger partial charge in [-0.3, -0.25) is 0 Å². The summed E-state index contributed by atoms with van der Waals surface area (Å²) in [6.45, 7) is 2.23. The summed E-state index contributed by atoms with van der Waals surface area (Å²) < 4.78 is 5.85. The summed E-state index contributed by atoms with van der Waals surface area (Å²) in [6, 6.07) is 3.65. The van der Waals surface area contributed by atoms with Crippen molar-refractivity contribution in [2.45, 2.75) is 25.4 Å². The molecule has 0 radical (unpaired) electrons. The molecule has 4 nitrogen and oxygen atoms in total. The Labute approximate surface area is 96.4 Å². The Bertz CT molecular complexity index is 343. The zero-order chi connectivity index (χ0) is 11.4. The zero-order valence-corrected chi connectivity index (χ0v) is 9.72. The second kappa shape index (κ2) is 5.16. The minimum absolute atomic E-state index is 0.252. The van der Waals surface area contributed by atoms with E-state index in [2.05, 4.69) is 16.9 Å². The minimum Gasteiger partial charge on any atom is -0.473 e. The maximum atomic E-state index is 5.85. The van der Waals surface area contributed by atoms with Crippen LogP contribution in [0.3, 0.4) is 0 Å². The molecule has 0 aromatic carbocycles. The van der Waals surface area contributed by atoms with Gasteiger partial charge in [0.15, 0.2) is 0 Å². The summed E-state index contributed by atoms with van der Waals surface area (Å²) >= 11 is 0. The van der Waals surface area contributed by atoms with E-state index in [1.165, 1.54) is 6.42 Å². The van der Waals surface area contributed by atoms with E-state index in [4.69, 9.17) is 10.5 Å². The fourth-order valence-corrected chi connectivity index (χ4v) is 1.99. The number of hydrogen-bond donors (Lipinski definition) is 1. The Morgan fingerprint density at radius 2 is 2.31 bits per heavy atom. The molecular weight excluding hydrogens is 202 g/mol. The van der Waals surface area contributed by atoms with Crippen LogP contribution >= 0.6 is 0 Å². The van der Waals surface area contributed by atoms with Gasteiger partial charge in [0, 0.05) is 12.7 Å². The molecule has 1 aliphatic rings. The number of nitrogen functional groups attached to an aromatic ring is 1. The third-order valence-corrected chi connectivity index (χ3v) is 2.98. The molecule has 88 valence electrons. The van der Waals surface area contributed by atoms with Crippen LogP contribution in [0, 0.1) is 0 Å². The summed E-state index contributed by atoms with van der Waals surface area (Å²) in [5.74, 6) is 0.581. The number of nitrogens with zero attached hydrogens (tertiary/aromatic N) is 2. The van der Waals surface area contributed by atoms with Crippen LogP contribution in [-0.4, -0.2) is 36.1 Å². The number of rotatable bonds is 2. The number of pyridine rings is 1. The van der Waals surface area contributed by atoms with Crippen molar-refractivity contribution in [2.75, 3.05) is 25.9 Å². The highest BCUT2D eigenvalue weighted by atomic mass is 16.5. The van der Waals surface area contributed by atoms with Crippen molar-refractivity contribution in [1.82, 2.24) is 9.88 Å². The van der Waals surface area contributed by atoms with Gasteiger partial charge in [0.2, 0.25) is 5.88 Å². The predicted octanol–water partition coefficient (Wildman–Crippen LogP) is 1.53. The normalized spacial score (nSPS) is 22.7. The Morgan fingerprint density at radius 3 is 3.12 bits per heavy atom. The van der Waals surface area contributed by atoms with Crippen molar-refractivity contribution in [3.8, 4) is 5.88 Å². The quantitative estimate of drug-likeness (QED) is 0.822. The van der Waals surface area contributed by atoms with Gasteiger partial charge >= 0.3 is 0 Å². The molecule has 0 amide bonds. The molecule has 1 aromatic heterocycles. The summed E-state index contributed by atoms with van der Waals surface area (Å²) in [4.78, 5) is 6.50. The van der Waals surface area contributed by atoms with Gasteiger partial charge in [0.1, 0.15) is 6.10 Å². The Hall–Kier alpha value is -1.29. The SMILES string of the molecule is CN1CCCC(Oc2ncccc2N)CC1. The number of anilines is 1. The van der Waals surface area contributed by atoms with Crippen molar-refractivity contribution >= 4 is 5.69 Å².